The molecule has 0 radical (unpaired) electrons. The van der Waals surface area contributed by atoms with Crippen LogP contribution >= 0.6 is 0 Å². The molecule has 1 amide bonds. The molecule has 2 aliphatic heterocycles. The smallest absolute Gasteiger partial charge is 0.274 e. The van der Waals surface area contributed by atoms with E-state index in [1.54, 1.807) is 7.11 Å². The first-order valence-corrected chi connectivity index (χ1v) is 12.6. The lowest BCUT2D eigenvalue weighted by Gasteiger charge is -2.33. The van der Waals surface area contributed by atoms with Crippen molar-refractivity contribution in [2.24, 2.45) is 5.92 Å². The number of amides is 1. The van der Waals surface area contributed by atoms with E-state index in [-0.39, 0.29) is 5.91 Å². The zero-order chi connectivity index (χ0) is 24.0. The van der Waals surface area contributed by atoms with Crippen LogP contribution in [0.5, 0.6) is 5.75 Å². The molecule has 2 fully saturated rings. The van der Waals surface area contributed by atoms with Gasteiger partial charge in [-0.15, -0.1) is 0 Å². The highest BCUT2D eigenvalue weighted by Gasteiger charge is 2.27. The topological polar surface area (TPSA) is 59.8 Å². The summed E-state index contributed by atoms with van der Waals surface area (Å²) in [5.74, 6) is 1.49. The molecule has 0 N–H and O–H groups in total. The molecule has 0 atom stereocenters. The Bertz CT molecular complexity index is 1100. The number of ether oxygens (including phenoxy) is 2. The minimum absolute atomic E-state index is 0.0149. The fraction of sp³-hybridized carbons (Fsp3) is 0.429. The Morgan fingerprint density at radius 1 is 1.00 bits per heavy atom. The summed E-state index contributed by atoms with van der Waals surface area (Å²) in [6, 6.07) is 19.8. The maximum atomic E-state index is 13.4. The number of likely N-dealkylation sites (tertiary alicyclic amines) is 1. The molecular formula is C28H34N4O3. The summed E-state index contributed by atoms with van der Waals surface area (Å²) < 4.78 is 12.6. The third-order valence-electron chi connectivity index (χ3n) is 7.17. The van der Waals surface area contributed by atoms with Crippen molar-refractivity contribution in [3.63, 3.8) is 0 Å². The highest BCUT2D eigenvalue weighted by Crippen LogP contribution is 2.28. The lowest BCUT2D eigenvalue weighted by Crippen LogP contribution is -2.41. The molecule has 2 aliphatic rings. The number of hydrogen-bond donors (Lipinski definition) is 0. The zero-order valence-corrected chi connectivity index (χ0v) is 20.4. The molecule has 7 heteroatoms. The van der Waals surface area contributed by atoms with E-state index in [4.69, 9.17) is 14.6 Å². The van der Waals surface area contributed by atoms with Gasteiger partial charge in [-0.3, -0.25) is 9.69 Å². The Balaban J connectivity index is 1.28. The number of methoxy groups -OCH3 is 1. The van der Waals surface area contributed by atoms with Crippen LogP contribution in [0.4, 0.5) is 0 Å². The second-order valence-electron chi connectivity index (χ2n) is 9.37. The van der Waals surface area contributed by atoms with Crippen molar-refractivity contribution in [1.82, 2.24) is 19.6 Å². The van der Waals surface area contributed by atoms with Crippen molar-refractivity contribution in [3.8, 4) is 22.7 Å². The third kappa shape index (κ3) is 5.57. The number of aromatic nitrogens is 2. The lowest BCUT2D eigenvalue weighted by atomic mass is 9.93. The summed E-state index contributed by atoms with van der Waals surface area (Å²) in [6.45, 7) is 6.50. The third-order valence-corrected chi connectivity index (χ3v) is 7.17. The minimum atomic E-state index is 0.0149. The highest BCUT2D eigenvalue weighted by atomic mass is 16.5. The molecule has 5 rings (SSSR count). The Labute approximate surface area is 207 Å². The van der Waals surface area contributed by atoms with Gasteiger partial charge in [0, 0.05) is 31.7 Å². The van der Waals surface area contributed by atoms with Crippen LogP contribution < -0.4 is 4.74 Å². The number of nitrogens with zero attached hydrogens (tertiary/aromatic N) is 4. The molecule has 0 saturated carbocycles. The molecule has 0 spiro atoms. The summed E-state index contributed by atoms with van der Waals surface area (Å²) in [6.07, 6.45) is 3.31. The van der Waals surface area contributed by atoms with Gasteiger partial charge >= 0.3 is 0 Å². The van der Waals surface area contributed by atoms with Gasteiger partial charge in [0.05, 0.1) is 31.7 Å². The van der Waals surface area contributed by atoms with Gasteiger partial charge in [-0.05, 0) is 74.2 Å². The molecule has 1 aromatic heterocycles. The van der Waals surface area contributed by atoms with Gasteiger partial charge in [0.2, 0.25) is 0 Å². The van der Waals surface area contributed by atoms with E-state index in [2.05, 4.69) is 4.90 Å². The van der Waals surface area contributed by atoms with Crippen LogP contribution in [0.3, 0.4) is 0 Å². The van der Waals surface area contributed by atoms with Gasteiger partial charge in [0.1, 0.15) is 5.75 Å². The van der Waals surface area contributed by atoms with Gasteiger partial charge in [-0.25, -0.2) is 4.68 Å². The fourth-order valence-corrected chi connectivity index (χ4v) is 5.00. The van der Waals surface area contributed by atoms with Gasteiger partial charge in [0.15, 0.2) is 5.69 Å². The van der Waals surface area contributed by atoms with Crippen molar-refractivity contribution in [2.75, 3.05) is 53.0 Å². The number of para-hydroxylation sites is 1. The first kappa shape index (κ1) is 23.6. The molecule has 3 heterocycles. The molecule has 7 nitrogen and oxygen atoms in total. The van der Waals surface area contributed by atoms with E-state index in [0.717, 1.165) is 81.5 Å². The maximum absolute atomic E-state index is 13.4. The largest absolute Gasteiger partial charge is 0.497 e. The summed E-state index contributed by atoms with van der Waals surface area (Å²) in [4.78, 5) is 17.9. The molecule has 2 aromatic carbocycles. The molecule has 0 bridgehead atoms. The molecule has 0 aliphatic carbocycles. The van der Waals surface area contributed by atoms with Crippen molar-refractivity contribution in [3.05, 3.63) is 66.4 Å². The van der Waals surface area contributed by atoms with E-state index in [9.17, 15) is 4.79 Å². The van der Waals surface area contributed by atoms with Crippen LogP contribution in [0.2, 0.25) is 0 Å². The molecule has 35 heavy (non-hydrogen) atoms. The van der Waals surface area contributed by atoms with E-state index < -0.39 is 0 Å². The van der Waals surface area contributed by atoms with E-state index in [0.29, 0.717) is 11.6 Å². The van der Waals surface area contributed by atoms with Crippen molar-refractivity contribution in [1.29, 1.82) is 0 Å². The van der Waals surface area contributed by atoms with Crippen LogP contribution in [0.1, 0.15) is 29.8 Å². The predicted molar refractivity (Wildman–Crippen MR) is 136 cm³/mol. The van der Waals surface area contributed by atoms with E-state index in [1.165, 1.54) is 6.42 Å². The van der Waals surface area contributed by atoms with E-state index >= 15 is 0 Å². The molecule has 3 aromatic rings. The Kier molecular flexibility index (Phi) is 7.45. The quantitative estimate of drug-likeness (QED) is 0.516. The van der Waals surface area contributed by atoms with Gasteiger partial charge in [-0.2, -0.15) is 5.10 Å². The average Bonchev–Trinajstić information content (AvgIpc) is 3.38. The lowest BCUT2D eigenvalue weighted by molar-refractivity contribution is 0.0332. The monoisotopic (exact) mass is 474 g/mol. The number of benzene rings is 2. The Morgan fingerprint density at radius 2 is 1.71 bits per heavy atom. The second kappa shape index (κ2) is 11.1. The van der Waals surface area contributed by atoms with Crippen LogP contribution in [-0.4, -0.2) is 78.5 Å². The normalized spacial score (nSPS) is 17.5. The minimum Gasteiger partial charge on any atom is -0.497 e. The number of carbonyl (C=O) groups excluding carboxylic acids is 1. The number of piperidine rings is 1. The summed E-state index contributed by atoms with van der Waals surface area (Å²) in [5.41, 5.74) is 3.30. The number of morpholine rings is 1. The summed E-state index contributed by atoms with van der Waals surface area (Å²) >= 11 is 0. The van der Waals surface area contributed by atoms with Crippen LogP contribution in [0.15, 0.2) is 60.7 Å². The zero-order valence-electron chi connectivity index (χ0n) is 20.4. The number of rotatable bonds is 7. The molecular weight excluding hydrogens is 440 g/mol. The fourth-order valence-electron chi connectivity index (χ4n) is 5.00. The Hall–Kier alpha value is -3.16. The Morgan fingerprint density at radius 3 is 2.40 bits per heavy atom. The average molecular weight is 475 g/mol. The van der Waals surface area contributed by atoms with Crippen molar-refractivity contribution in [2.45, 2.75) is 19.3 Å². The van der Waals surface area contributed by atoms with Crippen LogP contribution in [0, 0.1) is 5.92 Å². The summed E-state index contributed by atoms with van der Waals surface area (Å²) in [5, 5.41) is 4.77. The first-order chi connectivity index (χ1) is 17.2. The van der Waals surface area contributed by atoms with Gasteiger partial charge in [-0.1, -0.05) is 18.2 Å². The predicted octanol–water partition coefficient (Wildman–Crippen LogP) is 4.12. The van der Waals surface area contributed by atoms with Crippen molar-refractivity contribution >= 4 is 5.91 Å². The van der Waals surface area contributed by atoms with E-state index in [1.807, 2.05) is 70.2 Å². The number of hydrogen-bond acceptors (Lipinski definition) is 5. The SMILES string of the molecule is COc1ccc(-c2cc(C(=O)N3CCC(CCN4CCOCC4)CC3)nn2-c2ccccc2)cc1. The van der Waals surface area contributed by atoms with Crippen LogP contribution in [-0.2, 0) is 4.74 Å². The standard InChI is InChI=1S/C28H34N4O3/c1-34-25-9-7-23(8-10-25)27-21-26(29-32(27)24-5-3-2-4-6-24)28(33)31-15-12-22(13-16-31)11-14-30-17-19-35-20-18-30/h2-10,21-22H,11-20H2,1H3. The number of carbonyl (C=O) groups is 1. The van der Waals surface area contributed by atoms with Crippen LogP contribution in [0.25, 0.3) is 16.9 Å². The van der Waals surface area contributed by atoms with Crippen molar-refractivity contribution < 1.29 is 14.3 Å². The maximum Gasteiger partial charge on any atom is 0.274 e. The first-order valence-electron chi connectivity index (χ1n) is 12.6. The van der Waals surface area contributed by atoms with Gasteiger partial charge < -0.3 is 14.4 Å². The summed E-state index contributed by atoms with van der Waals surface area (Å²) in [7, 11) is 1.66. The molecule has 2 saturated heterocycles. The highest BCUT2D eigenvalue weighted by molar-refractivity contribution is 5.93. The molecule has 184 valence electrons. The molecule has 0 unspecified atom stereocenters. The second-order valence-corrected chi connectivity index (χ2v) is 9.37. The van der Waals surface area contributed by atoms with Gasteiger partial charge in [0.25, 0.3) is 5.91 Å².